The lowest BCUT2D eigenvalue weighted by Gasteiger charge is -1.97. The van der Waals surface area contributed by atoms with Gasteiger partial charge in [0.2, 0.25) is 0 Å². The summed E-state index contributed by atoms with van der Waals surface area (Å²) < 4.78 is 8.21. The van der Waals surface area contributed by atoms with Crippen LogP contribution in [0.15, 0.2) is 134 Å². The summed E-state index contributed by atoms with van der Waals surface area (Å²) in [6, 6.07) is 41.2. The van der Waals surface area contributed by atoms with E-state index in [1.807, 2.05) is 70.0 Å². The van der Waals surface area contributed by atoms with Crippen molar-refractivity contribution >= 4 is 11.3 Å². The zero-order chi connectivity index (χ0) is 23.9. The fourth-order valence-electron chi connectivity index (χ4n) is 4.67. The number of rotatable bonds is 4. The van der Waals surface area contributed by atoms with Gasteiger partial charge in [-0.1, -0.05) is 64.0 Å². The van der Waals surface area contributed by atoms with E-state index in [4.69, 9.17) is 10.2 Å². The molecule has 0 aliphatic rings. The number of fused-ring (bicyclic) bond motifs is 2. The Morgan fingerprint density at radius 2 is 0.889 bits per heavy atom. The molecular formula is C30H22N6+2. The average Bonchev–Trinajstić information content (AvgIpc) is 3.54. The third kappa shape index (κ3) is 3.27. The van der Waals surface area contributed by atoms with Gasteiger partial charge >= 0.3 is 11.6 Å². The Hall–Kier alpha value is -5.10. The molecule has 4 heterocycles. The van der Waals surface area contributed by atoms with Crippen molar-refractivity contribution in [1.82, 2.24) is 19.6 Å². The van der Waals surface area contributed by atoms with E-state index in [0.29, 0.717) is 0 Å². The van der Waals surface area contributed by atoms with Crippen molar-refractivity contribution in [2.24, 2.45) is 0 Å². The summed E-state index contributed by atoms with van der Waals surface area (Å²) in [5, 5.41) is 10.1. The smallest absolute Gasteiger partial charge is 0.197 e. The summed E-state index contributed by atoms with van der Waals surface area (Å²) >= 11 is 0. The highest BCUT2D eigenvalue weighted by Gasteiger charge is 2.25. The minimum Gasteiger partial charge on any atom is -0.197 e. The van der Waals surface area contributed by atoms with Gasteiger partial charge in [-0.2, -0.15) is 8.80 Å². The molecule has 6 nitrogen and oxygen atoms in total. The van der Waals surface area contributed by atoms with E-state index < -0.39 is 0 Å². The van der Waals surface area contributed by atoms with Crippen molar-refractivity contribution < 1.29 is 8.80 Å². The molecule has 0 N–H and O–H groups in total. The van der Waals surface area contributed by atoms with Gasteiger partial charge in [0.05, 0.1) is 33.7 Å². The Kier molecular flexibility index (Phi) is 4.67. The molecule has 3 aromatic carbocycles. The molecule has 6 heteroatoms. The fourth-order valence-corrected chi connectivity index (χ4v) is 4.67. The summed E-state index contributed by atoms with van der Waals surface area (Å²) in [5.41, 5.74) is 6.07. The van der Waals surface area contributed by atoms with Crippen molar-refractivity contribution in [3.05, 3.63) is 134 Å². The minimum atomic E-state index is 0.869. The maximum absolute atomic E-state index is 5.03. The van der Waals surface area contributed by atoms with Gasteiger partial charge in [-0.05, 0) is 54.6 Å². The molecule has 0 bridgehead atoms. The molecule has 170 valence electrons. The van der Waals surface area contributed by atoms with Gasteiger partial charge in [0.15, 0.2) is 0 Å². The van der Waals surface area contributed by atoms with Crippen molar-refractivity contribution in [1.29, 1.82) is 0 Å². The summed E-state index contributed by atoms with van der Waals surface area (Å²) in [6.07, 6.45) is 4.11. The van der Waals surface area contributed by atoms with E-state index in [9.17, 15) is 0 Å². The molecule has 0 fully saturated rings. The van der Waals surface area contributed by atoms with E-state index in [-0.39, 0.29) is 0 Å². The van der Waals surface area contributed by atoms with E-state index in [0.717, 1.165) is 45.4 Å². The van der Waals surface area contributed by atoms with E-state index in [1.165, 1.54) is 0 Å². The number of nitrogens with zero attached hydrogens (tertiary/aromatic N) is 6. The SMILES string of the molecule is c1ccc(-n2nc(-c3cccc(-c4nn(-c5ccccc5)c5cccc[n+]45)c3)[n+]3ccccc23)cc1. The molecule has 4 aromatic heterocycles. The minimum absolute atomic E-state index is 0.869. The first kappa shape index (κ1) is 20.3. The third-order valence-corrected chi connectivity index (χ3v) is 6.34. The van der Waals surface area contributed by atoms with E-state index >= 15 is 0 Å². The Balaban J connectivity index is 1.41. The lowest BCUT2D eigenvalue weighted by molar-refractivity contribution is -0.500. The second kappa shape index (κ2) is 8.29. The number of para-hydroxylation sites is 2. The largest absolute Gasteiger partial charge is 0.314 e. The van der Waals surface area contributed by atoms with Gasteiger partial charge in [-0.25, -0.2) is 0 Å². The normalized spacial score (nSPS) is 11.3. The number of hydrogen-bond donors (Lipinski definition) is 0. The van der Waals surface area contributed by atoms with Gasteiger partial charge in [-0.15, -0.1) is 0 Å². The van der Waals surface area contributed by atoms with Crippen molar-refractivity contribution in [3.63, 3.8) is 0 Å². The first-order chi connectivity index (χ1) is 17.9. The molecule has 0 saturated heterocycles. The highest BCUT2D eigenvalue weighted by molar-refractivity contribution is 5.65. The van der Waals surface area contributed by atoms with Gasteiger partial charge in [0.25, 0.3) is 11.3 Å². The van der Waals surface area contributed by atoms with Crippen molar-refractivity contribution in [3.8, 4) is 34.2 Å². The van der Waals surface area contributed by atoms with Crippen LogP contribution < -0.4 is 8.80 Å². The Bertz CT molecular complexity index is 1700. The number of hydrogen-bond acceptors (Lipinski definition) is 2. The Morgan fingerprint density at radius 3 is 1.36 bits per heavy atom. The maximum Gasteiger partial charge on any atom is 0.314 e. The standard InChI is InChI=1S/C30H22N6/c1-3-14-25(15-4-1)35-27-18-7-9-20-33(27)29(31-35)23-12-11-13-24(22-23)30-32-36(26-16-5-2-6-17-26)28-19-8-10-21-34(28)30/h1-22H/q+2. The van der Waals surface area contributed by atoms with Crippen LogP contribution in [0.4, 0.5) is 0 Å². The average molecular weight is 467 g/mol. The molecule has 7 rings (SSSR count). The van der Waals surface area contributed by atoms with Gasteiger partial charge in [-0.3, -0.25) is 0 Å². The second-order valence-corrected chi connectivity index (χ2v) is 8.58. The highest BCUT2D eigenvalue weighted by Crippen LogP contribution is 2.24. The monoisotopic (exact) mass is 466 g/mol. The molecule has 0 atom stereocenters. The molecule has 0 aliphatic heterocycles. The maximum atomic E-state index is 5.03. The van der Waals surface area contributed by atoms with Crippen molar-refractivity contribution in [2.75, 3.05) is 0 Å². The summed E-state index contributed by atoms with van der Waals surface area (Å²) in [7, 11) is 0. The van der Waals surface area contributed by atoms with Crippen LogP contribution in [-0.2, 0) is 0 Å². The Labute approximate surface area is 207 Å². The molecule has 0 radical (unpaired) electrons. The van der Waals surface area contributed by atoms with Gasteiger partial charge < -0.3 is 0 Å². The van der Waals surface area contributed by atoms with Crippen molar-refractivity contribution in [2.45, 2.75) is 0 Å². The molecule has 36 heavy (non-hydrogen) atoms. The molecule has 0 saturated carbocycles. The predicted molar refractivity (Wildman–Crippen MR) is 138 cm³/mol. The predicted octanol–water partition coefficient (Wildman–Crippen LogP) is 4.87. The molecule has 0 unspecified atom stereocenters. The fraction of sp³-hybridized carbons (Fsp3) is 0. The van der Waals surface area contributed by atoms with E-state index in [1.54, 1.807) is 0 Å². The lowest BCUT2D eigenvalue weighted by Crippen LogP contribution is -2.22. The number of aromatic nitrogens is 6. The zero-order valence-corrected chi connectivity index (χ0v) is 19.4. The van der Waals surface area contributed by atoms with E-state index in [2.05, 4.69) is 81.9 Å². The molecular weight excluding hydrogens is 444 g/mol. The Morgan fingerprint density at radius 1 is 0.444 bits per heavy atom. The summed E-state index contributed by atoms with van der Waals surface area (Å²) in [4.78, 5) is 0. The van der Waals surface area contributed by atoms with Crippen LogP contribution >= 0.6 is 0 Å². The third-order valence-electron chi connectivity index (χ3n) is 6.34. The topological polar surface area (TPSA) is 43.8 Å². The van der Waals surface area contributed by atoms with Crippen LogP contribution in [0.1, 0.15) is 0 Å². The van der Waals surface area contributed by atoms with Gasteiger partial charge in [0.1, 0.15) is 11.4 Å². The van der Waals surface area contributed by atoms with Crippen LogP contribution in [0.5, 0.6) is 0 Å². The van der Waals surface area contributed by atoms with Gasteiger partial charge in [0, 0.05) is 12.1 Å². The second-order valence-electron chi connectivity index (χ2n) is 8.58. The number of benzene rings is 3. The quantitative estimate of drug-likeness (QED) is 0.348. The summed E-state index contributed by atoms with van der Waals surface area (Å²) in [5.74, 6) is 1.74. The lowest BCUT2D eigenvalue weighted by atomic mass is 10.1. The van der Waals surface area contributed by atoms with Crippen LogP contribution in [0.2, 0.25) is 0 Å². The van der Waals surface area contributed by atoms with Crippen LogP contribution in [0.25, 0.3) is 45.4 Å². The molecule has 0 aliphatic carbocycles. The van der Waals surface area contributed by atoms with Crippen LogP contribution in [0, 0.1) is 0 Å². The molecule has 0 spiro atoms. The summed E-state index contributed by atoms with van der Waals surface area (Å²) in [6.45, 7) is 0. The first-order valence-electron chi connectivity index (χ1n) is 11.9. The highest BCUT2D eigenvalue weighted by atomic mass is 15.4. The molecule has 7 aromatic rings. The molecule has 0 amide bonds. The van der Waals surface area contributed by atoms with Crippen LogP contribution in [-0.4, -0.2) is 19.6 Å². The van der Waals surface area contributed by atoms with Crippen LogP contribution in [0.3, 0.4) is 0 Å². The number of pyridine rings is 2. The zero-order valence-electron chi connectivity index (χ0n) is 19.4. The first-order valence-corrected chi connectivity index (χ1v) is 11.9.